The topological polar surface area (TPSA) is 134 Å². The Bertz CT molecular complexity index is 1230. The molecule has 0 spiro atoms. The number of rotatable bonds is 9. The van der Waals surface area contributed by atoms with Crippen LogP contribution < -0.4 is 4.74 Å². The molecule has 10 nitrogen and oxygen atoms in total. The van der Waals surface area contributed by atoms with E-state index in [9.17, 15) is 22.9 Å². The average molecular weight is 486 g/mol. The molecular formula is C19H17ClFN3O7S. The molecule has 0 aliphatic carbocycles. The van der Waals surface area contributed by atoms with Crippen molar-refractivity contribution in [3.63, 3.8) is 0 Å². The molecule has 2 aromatic carbocycles. The van der Waals surface area contributed by atoms with E-state index in [4.69, 9.17) is 21.4 Å². The van der Waals surface area contributed by atoms with Crippen molar-refractivity contribution in [1.29, 1.82) is 0 Å². The number of halogens is 2. The third-order valence-corrected chi connectivity index (χ3v) is 5.74. The van der Waals surface area contributed by atoms with Crippen molar-refractivity contribution in [3.8, 4) is 22.7 Å². The van der Waals surface area contributed by atoms with Crippen LogP contribution in [0.5, 0.6) is 5.75 Å². The van der Waals surface area contributed by atoms with E-state index in [1.54, 1.807) is 16.7 Å². The molecule has 3 aromatic rings. The van der Waals surface area contributed by atoms with Gasteiger partial charge in [0.2, 0.25) is 0 Å². The molecule has 3 rings (SSSR count). The van der Waals surface area contributed by atoms with E-state index in [1.165, 1.54) is 30.6 Å². The lowest BCUT2D eigenvalue weighted by atomic mass is 10.1. The highest BCUT2D eigenvalue weighted by atomic mass is 35.5. The van der Waals surface area contributed by atoms with Crippen LogP contribution >= 0.6 is 11.6 Å². The number of sulfone groups is 1. The zero-order valence-electron chi connectivity index (χ0n) is 16.5. The van der Waals surface area contributed by atoms with Crippen molar-refractivity contribution in [1.82, 2.24) is 9.55 Å². The monoisotopic (exact) mass is 485 g/mol. The van der Waals surface area contributed by atoms with Gasteiger partial charge in [0.25, 0.3) is 5.09 Å². The summed E-state index contributed by atoms with van der Waals surface area (Å²) < 4.78 is 44.7. The summed E-state index contributed by atoms with van der Waals surface area (Å²) in [6, 6.07) is 9.94. The largest absolute Gasteiger partial charge is 0.488 e. The van der Waals surface area contributed by atoms with Gasteiger partial charge in [0.1, 0.15) is 12.9 Å². The first-order chi connectivity index (χ1) is 15.1. The van der Waals surface area contributed by atoms with Crippen LogP contribution in [0.2, 0.25) is 5.15 Å². The Kier molecular flexibility index (Phi) is 6.96. The van der Waals surface area contributed by atoms with Crippen LogP contribution in [0.1, 0.15) is 0 Å². The van der Waals surface area contributed by atoms with Gasteiger partial charge in [0.05, 0.1) is 17.2 Å². The summed E-state index contributed by atoms with van der Waals surface area (Å²) in [6.07, 6.45) is 1.24. The summed E-state index contributed by atoms with van der Waals surface area (Å²) in [7, 11) is -3.37. The summed E-state index contributed by atoms with van der Waals surface area (Å²) in [4.78, 5) is 18.8. The van der Waals surface area contributed by atoms with Gasteiger partial charge in [-0.15, -0.1) is 10.1 Å². The molecule has 1 N–H and O–H groups in total. The second kappa shape index (κ2) is 9.51. The molecule has 0 saturated heterocycles. The van der Waals surface area contributed by atoms with Gasteiger partial charge in [0.15, 0.2) is 32.7 Å². The fraction of sp³-hybridized carbons (Fsp3) is 0.211. The first-order valence-electron chi connectivity index (χ1n) is 8.98. The van der Waals surface area contributed by atoms with E-state index >= 15 is 0 Å². The van der Waals surface area contributed by atoms with Gasteiger partial charge in [-0.1, -0.05) is 11.6 Å². The number of hydrogen-bond acceptors (Lipinski definition) is 8. The zero-order valence-corrected chi connectivity index (χ0v) is 18.1. The summed E-state index contributed by atoms with van der Waals surface area (Å²) in [5, 5.41) is 18.4. The fourth-order valence-electron chi connectivity index (χ4n) is 2.82. The molecular weight excluding hydrogens is 469 g/mol. The van der Waals surface area contributed by atoms with Crippen LogP contribution in [-0.2, 0) is 14.7 Å². The van der Waals surface area contributed by atoms with E-state index < -0.39 is 40.1 Å². The molecule has 0 amide bonds. The minimum Gasteiger partial charge on any atom is -0.488 e. The maximum absolute atomic E-state index is 14.6. The second-order valence-corrected chi connectivity index (χ2v) is 8.98. The Balaban J connectivity index is 1.87. The quantitative estimate of drug-likeness (QED) is 0.361. The molecule has 1 atom stereocenters. The highest BCUT2D eigenvalue weighted by Crippen LogP contribution is 2.32. The van der Waals surface area contributed by atoms with Gasteiger partial charge in [-0.25, -0.2) is 17.8 Å². The second-order valence-electron chi connectivity index (χ2n) is 6.61. The molecule has 13 heteroatoms. The van der Waals surface area contributed by atoms with Crippen LogP contribution in [0.15, 0.2) is 53.7 Å². The summed E-state index contributed by atoms with van der Waals surface area (Å²) in [6.45, 7) is -1.13. The van der Waals surface area contributed by atoms with E-state index in [0.717, 1.165) is 12.3 Å². The molecule has 0 aliphatic heterocycles. The van der Waals surface area contributed by atoms with E-state index in [2.05, 4.69) is 9.82 Å². The lowest BCUT2D eigenvalue weighted by Gasteiger charge is -2.14. The summed E-state index contributed by atoms with van der Waals surface area (Å²) in [5.74, 6) is -0.990. The number of ether oxygens (including phenoxy) is 1. The number of imidazole rings is 1. The lowest BCUT2D eigenvalue weighted by molar-refractivity contribution is -0.769. The molecule has 1 unspecified atom stereocenters. The molecule has 0 bridgehead atoms. The Morgan fingerprint density at radius 1 is 1.28 bits per heavy atom. The van der Waals surface area contributed by atoms with Crippen LogP contribution in [0.4, 0.5) is 4.39 Å². The highest BCUT2D eigenvalue weighted by Gasteiger charge is 2.18. The van der Waals surface area contributed by atoms with Crippen molar-refractivity contribution in [3.05, 3.63) is 69.9 Å². The van der Waals surface area contributed by atoms with Crippen LogP contribution in [-0.4, -0.2) is 53.7 Å². The minimum absolute atomic E-state index is 0.0879. The predicted octanol–water partition coefficient (Wildman–Crippen LogP) is 2.68. The lowest BCUT2D eigenvalue weighted by Crippen LogP contribution is -2.28. The molecule has 1 aromatic heterocycles. The van der Waals surface area contributed by atoms with E-state index in [1.807, 2.05) is 0 Å². The molecule has 0 saturated carbocycles. The zero-order chi connectivity index (χ0) is 23.5. The van der Waals surface area contributed by atoms with Gasteiger partial charge in [-0.2, -0.15) is 0 Å². The number of hydrogen-bond donors (Lipinski definition) is 1. The predicted molar refractivity (Wildman–Crippen MR) is 112 cm³/mol. The van der Waals surface area contributed by atoms with Crippen molar-refractivity contribution >= 4 is 21.4 Å². The summed E-state index contributed by atoms with van der Waals surface area (Å²) in [5.41, 5.74) is 1.26. The van der Waals surface area contributed by atoms with Gasteiger partial charge >= 0.3 is 0 Å². The van der Waals surface area contributed by atoms with Crippen LogP contribution in [0.25, 0.3) is 16.9 Å². The van der Waals surface area contributed by atoms with Gasteiger partial charge in [-0.05, 0) is 42.5 Å². The van der Waals surface area contributed by atoms with Gasteiger partial charge in [-0.3, -0.25) is 4.57 Å². The van der Waals surface area contributed by atoms with E-state index in [0.29, 0.717) is 16.9 Å². The Hall–Kier alpha value is -3.22. The maximum Gasteiger partial charge on any atom is 0.294 e. The van der Waals surface area contributed by atoms with Gasteiger partial charge in [0, 0.05) is 17.5 Å². The van der Waals surface area contributed by atoms with Crippen LogP contribution in [0, 0.1) is 15.9 Å². The molecule has 170 valence electrons. The number of aromatic nitrogens is 2. The van der Waals surface area contributed by atoms with Crippen LogP contribution in [0.3, 0.4) is 0 Å². The minimum atomic E-state index is -3.37. The Morgan fingerprint density at radius 2 is 1.97 bits per heavy atom. The first kappa shape index (κ1) is 23.4. The van der Waals surface area contributed by atoms with E-state index in [-0.39, 0.29) is 15.8 Å². The number of benzene rings is 2. The van der Waals surface area contributed by atoms with Crippen molar-refractivity contribution < 1.29 is 32.6 Å². The van der Waals surface area contributed by atoms with Crippen molar-refractivity contribution in [2.75, 3.05) is 19.5 Å². The normalized spacial score (nSPS) is 12.4. The van der Waals surface area contributed by atoms with Gasteiger partial charge < -0.3 is 14.7 Å². The molecule has 0 radical (unpaired) electrons. The third kappa shape index (κ3) is 5.33. The number of aliphatic hydroxyl groups is 1. The summed E-state index contributed by atoms with van der Waals surface area (Å²) >= 11 is 6.21. The average Bonchev–Trinajstić information content (AvgIpc) is 3.12. The van der Waals surface area contributed by atoms with Crippen molar-refractivity contribution in [2.24, 2.45) is 0 Å². The highest BCUT2D eigenvalue weighted by molar-refractivity contribution is 7.90. The number of aliphatic hydroxyl groups excluding tert-OH is 1. The Labute approximate surface area is 186 Å². The number of nitrogens with zero attached hydrogens (tertiary/aromatic N) is 3. The SMILES string of the molecule is CS(=O)(=O)c1ccc(-n2cnc(Cl)c2-c2ccc(OCC(CO)O[N+](=O)[O-])c(F)c2)cc1. The fourth-order valence-corrected chi connectivity index (χ4v) is 3.69. The third-order valence-electron chi connectivity index (χ3n) is 4.33. The Morgan fingerprint density at radius 3 is 2.53 bits per heavy atom. The van der Waals surface area contributed by atoms with Crippen molar-refractivity contribution in [2.45, 2.75) is 11.0 Å². The molecule has 1 heterocycles. The smallest absolute Gasteiger partial charge is 0.294 e. The molecule has 0 aliphatic rings. The first-order valence-corrected chi connectivity index (χ1v) is 11.2. The molecule has 32 heavy (non-hydrogen) atoms. The standard InChI is InChI=1S/C19H17ClFN3O7S/c1-32(28,29)15-5-3-13(4-6-15)23-11-22-19(20)18(23)12-2-7-17(16(21)8-12)30-10-14(9-25)31-24(26)27/h2-8,11,14,25H,9-10H2,1H3. The molecule has 0 fully saturated rings. The maximum atomic E-state index is 14.6.